The van der Waals surface area contributed by atoms with Crippen LogP contribution >= 0.6 is 24.0 Å². The molecule has 0 aliphatic heterocycles. The summed E-state index contributed by atoms with van der Waals surface area (Å²) in [4.78, 5) is 4.50. The zero-order chi connectivity index (χ0) is 13.8. The van der Waals surface area contributed by atoms with E-state index in [9.17, 15) is 0 Å². The molecule has 0 atom stereocenters. The number of guanidine groups is 1. The average molecular weight is 379 g/mol. The zero-order valence-electron chi connectivity index (χ0n) is 13.0. The second-order valence-electron chi connectivity index (χ2n) is 6.94. The highest BCUT2D eigenvalue weighted by atomic mass is 127. The van der Waals surface area contributed by atoms with Gasteiger partial charge in [-0.1, -0.05) is 25.5 Å². The highest BCUT2D eigenvalue weighted by Gasteiger charge is 2.24. The monoisotopic (exact) mass is 379 g/mol. The Bertz CT molecular complexity index is 338. The van der Waals surface area contributed by atoms with Crippen molar-refractivity contribution in [2.24, 2.45) is 16.1 Å². The van der Waals surface area contributed by atoms with Gasteiger partial charge in [-0.25, -0.2) is 0 Å². The van der Waals surface area contributed by atoms with Crippen molar-refractivity contribution in [3.8, 4) is 0 Å². The Hall–Kier alpha value is -0.260. The van der Waals surface area contributed by atoms with E-state index < -0.39 is 0 Å². The molecule has 3 N–H and O–H groups in total. The first kappa shape index (κ1) is 18.7. The minimum atomic E-state index is -0.0260. The lowest BCUT2D eigenvalue weighted by Crippen LogP contribution is -2.45. The van der Waals surface area contributed by atoms with Crippen molar-refractivity contribution in [2.45, 2.75) is 65.8 Å². The van der Waals surface area contributed by atoms with Gasteiger partial charge in [0.2, 0.25) is 0 Å². The van der Waals surface area contributed by atoms with Crippen molar-refractivity contribution in [3.63, 3.8) is 0 Å². The van der Waals surface area contributed by atoms with E-state index in [2.05, 4.69) is 51.0 Å². The van der Waals surface area contributed by atoms with E-state index in [1.807, 2.05) is 0 Å². The number of hydrogen-bond donors (Lipinski definition) is 2. The van der Waals surface area contributed by atoms with E-state index in [1.165, 1.54) is 25.7 Å². The van der Waals surface area contributed by atoms with Gasteiger partial charge < -0.3 is 11.1 Å². The summed E-state index contributed by atoms with van der Waals surface area (Å²) in [5, 5.41) is 3.20. The molecule has 0 aromatic carbocycles. The van der Waals surface area contributed by atoms with Crippen molar-refractivity contribution >= 4 is 29.9 Å². The fourth-order valence-corrected chi connectivity index (χ4v) is 2.26. The van der Waals surface area contributed by atoms with Gasteiger partial charge >= 0.3 is 0 Å². The number of aliphatic imine (C=N–C) groups is 1. The summed E-state index contributed by atoms with van der Waals surface area (Å²) in [5.74, 6) is 0.548. The van der Waals surface area contributed by atoms with Crippen molar-refractivity contribution < 1.29 is 0 Å². The second kappa shape index (κ2) is 7.50. The normalized spacial score (nSPS) is 17.5. The Morgan fingerprint density at radius 3 is 2.37 bits per heavy atom. The number of nitrogens with zero attached hydrogens (tertiary/aromatic N) is 1. The average Bonchev–Trinajstić information content (AvgIpc) is 2.26. The highest BCUT2D eigenvalue weighted by molar-refractivity contribution is 14.0. The maximum Gasteiger partial charge on any atom is 0.189 e. The van der Waals surface area contributed by atoms with Gasteiger partial charge in [-0.3, -0.25) is 4.99 Å². The third-order valence-corrected chi connectivity index (χ3v) is 3.31. The van der Waals surface area contributed by atoms with Gasteiger partial charge in [0.25, 0.3) is 0 Å². The minimum Gasteiger partial charge on any atom is -0.370 e. The first-order valence-corrected chi connectivity index (χ1v) is 6.98. The van der Waals surface area contributed by atoms with E-state index >= 15 is 0 Å². The van der Waals surface area contributed by atoms with Crippen LogP contribution < -0.4 is 11.1 Å². The lowest BCUT2D eigenvalue weighted by molar-refractivity contribution is 0.424. The van der Waals surface area contributed by atoms with E-state index in [4.69, 9.17) is 5.73 Å². The van der Waals surface area contributed by atoms with Gasteiger partial charge in [0.15, 0.2) is 5.96 Å². The SMILES string of the molecule is CC(C)(C)NC(N)=NCC(C)(C)C1=CCCCC1.I. The van der Waals surface area contributed by atoms with Gasteiger partial charge in [0, 0.05) is 11.0 Å². The van der Waals surface area contributed by atoms with Gasteiger partial charge in [0.05, 0.1) is 6.54 Å². The van der Waals surface area contributed by atoms with Crippen LogP contribution in [-0.2, 0) is 0 Å². The summed E-state index contributed by atoms with van der Waals surface area (Å²) in [7, 11) is 0. The fourth-order valence-electron chi connectivity index (χ4n) is 2.26. The van der Waals surface area contributed by atoms with Crippen molar-refractivity contribution in [2.75, 3.05) is 6.54 Å². The van der Waals surface area contributed by atoms with Crippen molar-refractivity contribution in [1.82, 2.24) is 5.32 Å². The number of allylic oxidation sites excluding steroid dienone is 1. The molecule has 0 aromatic heterocycles. The quantitative estimate of drug-likeness (QED) is 0.339. The molecule has 0 amide bonds. The molecule has 0 saturated heterocycles. The predicted octanol–water partition coefficient (Wildman–Crippen LogP) is 3.83. The smallest absolute Gasteiger partial charge is 0.189 e. The van der Waals surface area contributed by atoms with Gasteiger partial charge in [0.1, 0.15) is 0 Å². The summed E-state index contributed by atoms with van der Waals surface area (Å²) in [6, 6.07) is 0. The van der Waals surface area contributed by atoms with Gasteiger partial charge in [-0.15, -0.1) is 24.0 Å². The highest BCUT2D eigenvalue weighted by Crippen LogP contribution is 2.33. The Morgan fingerprint density at radius 2 is 1.89 bits per heavy atom. The van der Waals surface area contributed by atoms with Crippen LogP contribution in [0.15, 0.2) is 16.6 Å². The first-order chi connectivity index (χ1) is 8.21. The van der Waals surface area contributed by atoms with Crippen LogP contribution in [0.3, 0.4) is 0 Å². The third kappa shape index (κ3) is 7.18. The van der Waals surface area contributed by atoms with Crippen LogP contribution in [0.5, 0.6) is 0 Å². The second-order valence-corrected chi connectivity index (χ2v) is 6.94. The summed E-state index contributed by atoms with van der Waals surface area (Å²) < 4.78 is 0. The van der Waals surface area contributed by atoms with Crippen LogP contribution in [0.25, 0.3) is 0 Å². The zero-order valence-corrected chi connectivity index (χ0v) is 15.4. The summed E-state index contributed by atoms with van der Waals surface area (Å²) in [6.07, 6.45) is 7.48. The van der Waals surface area contributed by atoms with E-state index in [0.29, 0.717) is 5.96 Å². The standard InChI is InChI=1S/C15H29N3.HI/c1-14(2,3)18-13(16)17-11-15(4,5)12-9-7-6-8-10-12;/h9H,6-8,10-11H2,1-5H3,(H3,16,17,18);1H. The van der Waals surface area contributed by atoms with Gasteiger partial charge in [-0.05, 0) is 46.5 Å². The molecule has 0 aromatic rings. The van der Waals surface area contributed by atoms with Crippen LogP contribution in [0.2, 0.25) is 0 Å². The van der Waals surface area contributed by atoms with Crippen molar-refractivity contribution in [3.05, 3.63) is 11.6 Å². The van der Waals surface area contributed by atoms with Gasteiger partial charge in [-0.2, -0.15) is 0 Å². The molecule has 0 heterocycles. The van der Waals surface area contributed by atoms with Crippen LogP contribution in [0.1, 0.15) is 60.3 Å². The molecule has 3 nitrogen and oxygen atoms in total. The Labute approximate surface area is 135 Å². The number of rotatable bonds is 3. The molecular formula is C15H30IN3. The summed E-state index contributed by atoms with van der Waals surface area (Å²) in [5.41, 5.74) is 7.56. The maximum absolute atomic E-state index is 5.92. The Morgan fingerprint density at radius 1 is 1.26 bits per heavy atom. The number of nitrogens with one attached hydrogen (secondary N) is 1. The van der Waals surface area contributed by atoms with Crippen molar-refractivity contribution in [1.29, 1.82) is 0 Å². The molecule has 1 rings (SSSR count). The van der Waals surface area contributed by atoms with Crippen LogP contribution in [0.4, 0.5) is 0 Å². The fraction of sp³-hybridized carbons (Fsp3) is 0.800. The third-order valence-electron chi connectivity index (χ3n) is 3.31. The molecule has 0 radical (unpaired) electrons. The topological polar surface area (TPSA) is 50.4 Å². The molecule has 0 unspecified atom stereocenters. The van der Waals surface area contributed by atoms with Crippen LogP contribution in [-0.4, -0.2) is 18.0 Å². The maximum atomic E-state index is 5.92. The number of halogens is 1. The molecular weight excluding hydrogens is 349 g/mol. The molecule has 0 spiro atoms. The number of nitrogens with two attached hydrogens (primary N) is 1. The summed E-state index contributed by atoms with van der Waals surface area (Å²) in [6.45, 7) is 11.5. The van der Waals surface area contributed by atoms with E-state index in [1.54, 1.807) is 5.57 Å². The lowest BCUT2D eigenvalue weighted by Gasteiger charge is -2.29. The molecule has 0 bridgehead atoms. The Balaban J connectivity index is 0.00000324. The molecule has 19 heavy (non-hydrogen) atoms. The first-order valence-electron chi connectivity index (χ1n) is 6.98. The van der Waals surface area contributed by atoms with E-state index in [0.717, 1.165) is 6.54 Å². The molecule has 4 heteroatoms. The molecule has 0 fully saturated rings. The largest absolute Gasteiger partial charge is 0.370 e. The Kier molecular flexibility index (Phi) is 7.40. The lowest BCUT2D eigenvalue weighted by atomic mass is 9.78. The molecule has 112 valence electrons. The molecule has 1 aliphatic rings. The summed E-state index contributed by atoms with van der Waals surface area (Å²) >= 11 is 0. The predicted molar refractivity (Wildman–Crippen MR) is 95.1 cm³/mol. The number of hydrogen-bond acceptors (Lipinski definition) is 1. The van der Waals surface area contributed by atoms with E-state index in [-0.39, 0.29) is 34.9 Å². The molecule has 1 aliphatic carbocycles. The minimum absolute atomic E-state index is 0. The van der Waals surface area contributed by atoms with Crippen LogP contribution in [0, 0.1) is 5.41 Å². The molecule has 0 saturated carbocycles.